The van der Waals surface area contributed by atoms with Gasteiger partial charge in [-0.25, -0.2) is 0 Å². The third-order valence-electron chi connectivity index (χ3n) is 4.53. The lowest BCUT2D eigenvalue weighted by molar-refractivity contribution is 0.102. The van der Waals surface area contributed by atoms with Crippen LogP contribution in [0, 0.1) is 5.92 Å². The van der Waals surface area contributed by atoms with Crippen LogP contribution in [0.4, 0.5) is 0 Å². The Morgan fingerprint density at radius 2 is 2.12 bits per heavy atom. The number of piperidine rings is 1. The minimum Gasteiger partial charge on any atom is -0.378 e. The van der Waals surface area contributed by atoms with E-state index in [1.165, 1.54) is 51.7 Å². The van der Waals surface area contributed by atoms with Gasteiger partial charge in [-0.15, -0.1) is 0 Å². The highest BCUT2D eigenvalue weighted by atomic mass is 16.5. The van der Waals surface area contributed by atoms with Crippen molar-refractivity contribution in [3.05, 3.63) is 0 Å². The SMILES string of the molecule is C1COC(CCNC2CCN3CCC2C3)C1. The van der Waals surface area contributed by atoms with Gasteiger partial charge in [0, 0.05) is 19.2 Å². The smallest absolute Gasteiger partial charge is 0.0588 e. The van der Waals surface area contributed by atoms with E-state index in [4.69, 9.17) is 4.74 Å². The van der Waals surface area contributed by atoms with Gasteiger partial charge in [-0.1, -0.05) is 0 Å². The van der Waals surface area contributed by atoms with Crippen molar-refractivity contribution in [3.8, 4) is 0 Å². The maximum Gasteiger partial charge on any atom is 0.0588 e. The molecule has 3 saturated heterocycles. The summed E-state index contributed by atoms with van der Waals surface area (Å²) in [6, 6.07) is 0.792. The number of fused-ring (bicyclic) bond motifs is 2. The van der Waals surface area contributed by atoms with Crippen molar-refractivity contribution in [2.75, 3.05) is 32.8 Å². The zero-order valence-electron chi connectivity index (χ0n) is 10.2. The van der Waals surface area contributed by atoms with Gasteiger partial charge in [0.05, 0.1) is 6.10 Å². The molecule has 0 aromatic heterocycles. The minimum atomic E-state index is 0.552. The molecule has 4 unspecified atom stereocenters. The molecular formula is C13H24N2O. The summed E-state index contributed by atoms with van der Waals surface area (Å²) in [4.78, 5) is 2.61. The summed E-state index contributed by atoms with van der Waals surface area (Å²) in [5, 5.41) is 3.77. The lowest BCUT2D eigenvalue weighted by atomic mass is 9.94. The van der Waals surface area contributed by atoms with E-state index < -0.39 is 0 Å². The average molecular weight is 224 g/mol. The number of rotatable bonds is 4. The second-order valence-electron chi connectivity index (χ2n) is 5.62. The first-order valence-electron chi connectivity index (χ1n) is 6.99. The maximum atomic E-state index is 5.66. The van der Waals surface area contributed by atoms with Crippen molar-refractivity contribution in [3.63, 3.8) is 0 Å². The van der Waals surface area contributed by atoms with Crippen LogP contribution in [0.1, 0.15) is 32.1 Å². The molecule has 0 saturated carbocycles. The van der Waals surface area contributed by atoms with E-state index in [-0.39, 0.29) is 0 Å². The molecule has 3 rings (SSSR count). The lowest BCUT2D eigenvalue weighted by Crippen LogP contribution is -2.44. The zero-order chi connectivity index (χ0) is 10.8. The molecule has 92 valence electrons. The molecule has 0 radical (unpaired) electrons. The van der Waals surface area contributed by atoms with E-state index in [2.05, 4.69) is 10.2 Å². The van der Waals surface area contributed by atoms with Gasteiger partial charge in [-0.05, 0) is 57.7 Å². The highest BCUT2D eigenvalue weighted by molar-refractivity contribution is 4.90. The fourth-order valence-corrected chi connectivity index (χ4v) is 3.52. The molecule has 1 N–H and O–H groups in total. The molecule has 3 fully saturated rings. The molecule has 2 bridgehead atoms. The van der Waals surface area contributed by atoms with Gasteiger partial charge >= 0.3 is 0 Å². The highest BCUT2D eigenvalue weighted by Gasteiger charge is 2.33. The van der Waals surface area contributed by atoms with Crippen LogP contribution in [-0.2, 0) is 4.74 Å². The number of hydrogen-bond acceptors (Lipinski definition) is 3. The van der Waals surface area contributed by atoms with Crippen molar-refractivity contribution >= 4 is 0 Å². The second-order valence-corrected chi connectivity index (χ2v) is 5.62. The van der Waals surface area contributed by atoms with E-state index in [9.17, 15) is 0 Å². The van der Waals surface area contributed by atoms with Gasteiger partial charge in [-0.3, -0.25) is 0 Å². The van der Waals surface area contributed by atoms with Gasteiger partial charge in [0.25, 0.3) is 0 Å². The Balaban J connectivity index is 1.38. The van der Waals surface area contributed by atoms with Crippen LogP contribution >= 0.6 is 0 Å². The average Bonchev–Trinajstić information content (AvgIpc) is 2.92. The molecule has 0 spiro atoms. The van der Waals surface area contributed by atoms with E-state index in [0.29, 0.717) is 6.10 Å². The first-order valence-corrected chi connectivity index (χ1v) is 6.99. The second kappa shape index (κ2) is 5.03. The summed E-state index contributed by atoms with van der Waals surface area (Å²) >= 11 is 0. The van der Waals surface area contributed by atoms with E-state index in [1.54, 1.807) is 0 Å². The van der Waals surface area contributed by atoms with Gasteiger partial charge < -0.3 is 15.0 Å². The fraction of sp³-hybridized carbons (Fsp3) is 1.00. The standard InChI is InChI=1S/C13H24N2O/c1-2-12(16-9-1)3-6-14-13-5-8-15-7-4-11(13)10-15/h11-14H,1-10H2. The number of nitrogens with zero attached hydrogens (tertiary/aromatic N) is 1. The Kier molecular flexibility index (Phi) is 3.46. The Morgan fingerprint density at radius 1 is 1.19 bits per heavy atom. The molecule has 0 aliphatic carbocycles. The monoisotopic (exact) mass is 224 g/mol. The van der Waals surface area contributed by atoms with Gasteiger partial charge in [-0.2, -0.15) is 0 Å². The van der Waals surface area contributed by atoms with Crippen molar-refractivity contribution < 1.29 is 4.74 Å². The number of ether oxygens (including phenoxy) is 1. The largest absolute Gasteiger partial charge is 0.378 e. The van der Waals surface area contributed by atoms with Gasteiger partial charge in [0.2, 0.25) is 0 Å². The maximum absolute atomic E-state index is 5.66. The molecule has 16 heavy (non-hydrogen) atoms. The third-order valence-corrected chi connectivity index (χ3v) is 4.53. The zero-order valence-corrected chi connectivity index (χ0v) is 10.2. The molecule has 0 aromatic rings. The van der Waals surface area contributed by atoms with Crippen molar-refractivity contribution in [2.45, 2.75) is 44.2 Å². The van der Waals surface area contributed by atoms with Crippen LogP contribution in [0.3, 0.4) is 0 Å². The summed E-state index contributed by atoms with van der Waals surface area (Å²) < 4.78 is 5.66. The normalized spacial score (nSPS) is 42.8. The Hall–Kier alpha value is -0.120. The van der Waals surface area contributed by atoms with Crippen LogP contribution in [-0.4, -0.2) is 49.8 Å². The molecule has 3 heterocycles. The summed E-state index contributed by atoms with van der Waals surface area (Å²) in [5.74, 6) is 0.929. The summed E-state index contributed by atoms with van der Waals surface area (Å²) in [7, 11) is 0. The van der Waals surface area contributed by atoms with E-state index in [1.807, 2.05) is 0 Å². The van der Waals surface area contributed by atoms with Crippen LogP contribution in [0.25, 0.3) is 0 Å². The first-order chi connectivity index (χ1) is 7.92. The fourth-order valence-electron chi connectivity index (χ4n) is 3.52. The van der Waals surface area contributed by atoms with Crippen molar-refractivity contribution in [2.24, 2.45) is 5.92 Å². The predicted octanol–water partition coefficient (Wildman–Crippen LogP) is 1.24. The minimum absolute atomic E-state index is 0.552. The van der Waals surface area contributed by atoms with Gasteiger partial charge in [0.1, 0.15) is 0 Å². The topological polar surface area (TPSA) is 24.5 Å². The third kappa shape index (κ3) is 2.41. The highest BCUT2D eigenvalue weighted by Crippen LogP contribution is 2.27. The Morgan fingerprint density at radius 3 is 3.00 bits per heavy atom. The van der Waals surface area contributed by atoms with Gasteiger partial charge in [0.15, 0.2) is 0 Å². The predicted molar refractivity (Wildman–Crippen MR) is 64.5 cm³/mol. The first kappa shape index (κ1) is 11.0. The molecule has 3 heteroatoms. The molecule has 0 aromatic carbocycles. The molecule has 0 amide bonds. The molecule has 3 nitrogen and oxygen atoms in total. The van der Waals surface area contributed by atoms with Crippen LogP contribution in [0.5, 0.6) is 0 Å². The van der Waals surface area contributed by atoms with E-state index in [0.717, 1.165) is 25.1 Å². The van der Waals surface area contributed by atoms with Crippen LogP contribution in [0.15, 0.2) is 0 Å². The molecular weight excluding hydrogens is 200 g/mol. The number of hydrogen-bond donors (Lipinski definition) is 1. The lowest BCUT2D eigenvalue weighted by Gasteiger charge is -2.31. The summed E-state index contributed by atoms with van der Waals surface area (Å²) in [6.45, 7) is 6.15. The Labute approximate surface area is 98.5 Å². The summed E-state index contributed by atoms with van der Waals surface area (Å²) in [6.07, 6.45) is 7.09. The van der Waals surface area contributed by atoms with Crippen molar-refractivity contribution in [1.29, 1.82) is 0 Å². The van der Waals surface area contributed by atoms with Crippen molar-refractivity contribution in [1.82, 2.24) is 10.2 Å². The van der Waals surface area contributed by atoms with E-state index >= 15 is 0 Å². The summed E-state index contributed by atoms with van der Waals surface area (Å²) in [5.41, 5.74) is 0. The molecule has 3 aliphatic heterocycles. The number of nitrogens with one attached hydrogen (secondary N) is 1. The Bertz CT molecular complexity index is 228. The van der Waals surface area contributed by atoms with Crippen LogP contribution in [0.2, 0.25) is 0 Å². The van der Waals surface area contributed by atoms with Crippen LogP contribution < -0.4 is 5.32 Å². The quantitative estimate of drug-likeness (QED) is 0.777. The molecule has 3 aliphatic rings. The molecule has 4 atom stereocenters.